The summed E-state index contributed by atoms with van der Waals surface area (Å²) in [7, 11) is 0. The zero-order valence-corrected chi connectivity index (χ0v) is 16.5. The quantitative estimate of drug-likeness (QED) is 0.434. The first-order valence-corrected chi connectivity index (χ1v) is 8.84. The molecule has 3 N–H and O–H groups in total. The van der Waals surface area contributed by atoms with E-state index in [9.17, 15) is 32.3 Å². The van der Waals surface area contributed by atoms with Crippen molar-refractivity contribution in [2.45, 2.75) is 13.8 Å². The number of hydrogen-bond acceptors (Lipinski definition) is 5. The van der Waals surface area contributed by atoms with E-state index < -0.39 is 54.0 Å². The van der Waals surface area contributed by atoms with Crippen molar-refractivity contribution in [1.82, 2.24) is 5.32 Å². The van der Waals surface area contributed by atoms with Crippen molar-refractivity contribution in [3.05, 3.63) is 53.3 Å². The summed E-state index contributed by atoms with van der Waals surface area (Å²) < 4.78 is 45.0. The second-order valence-corrected chi connectivity index (χ2v) is 6.28. The van der Waals surface area contributed by atoms with Gasteiger partial charge in [-0.2, -0.15) is 0 Å². The second kappa shape index (κ2) is 10.2. The van der Waals surface area contributed by atoms with Gasteiger partial charge in [0.2, 0.25) is 11.8 Å². The summed E-state index contributed by atoms with van der Waals surface area (Å²) >= 11 is 0. The van der Waals surface area contributed by atoms with E-state index in [4.69, 9.17) is 4.74 Å². The molecule has 0 aliphatic carbocycles. The number of nitrogens with one attached hydrogen (secondary N) is 3. The maximum atomic E-state index is 13.6. The molecule has 3 amide bonds. The van der Waals surface area contributed by atoms with E-state index in [0.717, 1.165) is 6.07 Å². The van der Waals surface area contributed by atoms with Crippen LogP contribution in [0.25, 0.3) is 0 Å². The van der Waals surface area contributed by atoms with Gasteiger partial charge in [0, 0.05) is 12.5 Å². The minimum absolute atomic E-state index is 0.0614. The first-order chi connectivity index (χ1) is 14.6. The van der Waals surface area contributed by atoms with Gasteiger partial charge in [0.25, 0.3) is 5.91 Å². The summed E-state index contributed by atoms with van der Waals surface area (Å²) in [6.07, 6.45) is 0. The molecule has 0 unspecified atom stereocenters. The van der Waals surface area contributed by atoms with Crippen molar-refractivity contribution >= 4 is 34.9 Å². The number of ketones is 1. The molecule has 0 saturated carbocycles. The number of ether oxygens (including phenoxy) is 1. The number of Topliss-reactive ketones (excluding diaryl/α,β-unsaturated/α-hetero) is 1. The molecule has 2 aromatic carbocycles. The predicted octanol–water partition coefficient (Wildman–Crippen LogP) is 2.40. The molecular formula is C20H18F3N3O5. The van der Waals surface area contributed by atoms with Gasteiger partial charge in [0.1, 0.15) is 5.75 Å². The van der Waals surface area contributed by atoms with Crippen LogP contribution >= 0.6 is 0 Å². The lowest BCUT2D eigenvalue weighted by molar-refractivity contribution is -0.125. The minimum Gasteiger partial charge on any atom is -0.482 e. The molecule has 2 aromatic rings. The fourth-order valence-corrected chi connectivity index (χ4v) is 2.34. The molecule has 0 aliphatic rings. The Bertz CT molecular complexity index is 1040. The molecule has 164 valence electrons. The molecule has 8 nitrogen and oxygen atoms in total. The third-order valence-corrected chi connectivity index (χ3v) is 3.81. The molecule has 31 heavy (non-hydrogen) atoms. The Labute approximate surface area is 174 Å². The van der Waals surface area contributed by atoms with E-state index in [0.29, 0.717) is 6.07 Å². The lowest BCUT2D eigenvalue weighted by Gasteiger charge is -2.13. The predicted molar refractivity (Wildman–Crippen MR) is 104 cm³/mol. The van der Waals surface area contributed by atoms with E-state index in [1.807, 2.05) is 5.32 Å². The summed E-state index contributed by atoms with van der Waals surface area (Å²) in [5.74, 6) is -6.95. The number of carbonyl (C=O) groups excluding carboxylic acids is 4. The van der Waals surface area contributed by atoms with Crippen LogP contribution in [0.15, 0.2) is 30.3 Å². The maximum Gasteiger partial charge on any atom is 0.258 e. The highest BCUT2D eigenvalue weighted by atomic mass is 19.2. The van der Waals surface area contributed by atoms with Crippen LogP contribution in [0, 0.1) is 17.5 Å². The lowest BCUT2D eigenvalue weighted by atomic mass is 10.1. The van der Waals surface area contributed by atoms with Crippen molar-refractivity contribution in [3.63, 3.8) is 0 Å². The lowest BCUT2D eigenvalue weighted by Crippen LogP contribution is -2.36. The van der Waals surface area contributed by atoms with E-state index in [1.165, 1.54) is 32.0 Å². The van der Waals surface area contributed by atoms with E-state index in [1.54, 1.807) is 0 Å². The van der Waals surface area contributed by atoms with E-state index in [-0.39, 0.29) is 22.8 Å². The van der Waals surface area contributed by atoms with Crippen molar-refractivity contribution in [2.75, 3.05) is 23.8 Å². The zero-order chi connectivity index (χ0) is 23.1. The van der Waals surface area contributed by atoms with Crippen LogP contribution in [-0.4, -0.2) is 36.7 Å². The number of amides is 3. The molecule has 0 aromatic heterocycles. The molecule has 11 heteroatoms. The summed E-state index contributed by atoms with van der Waals surface area (Å²) in [5, 5.41) is 6.68. The minimum atomic E-state index is -1.74. The highest BCUT2D eigenvalue weighted by molar-refractivity contribution is 5.97. The van der Waals surface area contributed by atoms with E-state index >= 15 is 0 Å². The molecule has 0 spiro atoms. The highest BCUT2D eigenvalue weighted by Gasteiger charge is 2.16. The molecule has 0 bridgehead atoms. The number of halogens is 3. The molecule has 2 rings (SSSR count). The standard InChI is InChI=1S/C20H18F3N3O5/c1-10(27)12-3-5-14(25-11(2)28)16(7-12)31-9-18(30)24-8-17(29)26-15-6-4-13(21)19(22)20(15)23/h3-7H,8-9H2,1-2H3,(H,24,30)(H,25,28)(H,26,29). The van der Waals surface area contributed by atoms with Gasteiger partial charge >= 0.3 is 0 Å². The van der Waals surface area contributed by atoms with Crippen molar-refractivity contribution < 1.29 is 37.1 Å². The topological polar surface area (TPSA) is 114 Å². The van der Waals surface area contributed by atoms with Gasteiger partial charge in [0.15, 0.2) is 29.8 Å². The van der Waals surface area contributed by atoms with Gasteiger partial charge < -0.3 is 20.7 Å². The summed E-state index contributed by atoms with van der Waals surface area (Å²) in [6, 6.07) is 5.74. The van der Waals surface area contributed by atoms with Crippen LogP contribution in [0.4, 0.5) is 24.5 Å². The van der Waals surface area contributed by atoms with Crippen LogP contribution in [0.5, 0.6) is 5.75 Å². The molecule has 0 radical (unpaired) electrons. The average Bonchev–Trinajstić information content (AvgIpc) is 2.71. The molecule has 0 fully saturated rings. The van der Waals surface area contributed by atoms with Crippen molar-refractivity contribution in [3.8, 4) is 5.75 Å². The number of benzene rings is 2. The van der Waals surface area contributed by atoms with Crippen LogP contribution in [0.1, 0.15) is 24.2 Å². The van der Waals surface area contributed by atoms with Gasteiger partial charge in [-0.3, -0.25) is 19.2 Å². The fraction of sp³-hybridized carbons (Fsp3) is 0.200. The molecule has 0 atom stereocenters. The van der Waals surface area contributed by atoms with Crippen LogP contribution in [-0.2, 0) is 14.4 Å². The van der Waals surface area contributed by atoms with E-state index in [2.05, 4.69) is 10.6 Å². The Morgan fingerprint density at radius 3 is 2.19 bits per heavy atom. The van der Waals surface area contributed by atoms with Gasteiger partial charge in [-0.05, 0) is 37.3 Å². The molecule has 0 saturated heterocycles. The third kappa shape index (κ3) is 6.56. The zero-order valence-electron chi connectivity index (χ0n) is 16.5. The first kappa shape index (κ1) is 23.4. The Balaban J connectivity index is 1.94. The summed E-state index contributed by atoms with van der Waals surface area (Å²) in [5.41, 5.74) is -0.0651. The number of rotatable bonds is 8. The number of anilines is 2. The smallest absolute Gasteiger partial charge is 0.258 e. The average molecular weight is 437 g/mol. The van der Waals surface area contributed by atoms with Gasteiger partial charge in [-0.25, -0.2) is 13.2 Å². The Morgan fingerprint density at radius 1 is 0.871 bits per heavy atom. The Morgan fingerprint density at radius 2 is 1.55 bits per heavy atom. The van der Waals surface area contributed by atoms with Crippen molar-refractivity contribution in [1.29, 1.82) is 0 Å². The van der Waals surface area contributed by atoms with Gasteiger partial charge in [0.05, 0.1) is 17.9 Å². The Kier molecular flexibility index (Phi) is 7.72. The number of carbonyl (C=O) groups is 4. The van der Waals surface area contributed by atoms with Gasteiger partial charge in [-0.15, -0.1) is 0 Å². The summed E-state index contributed by atoms with van der Waals surface area (Å²) in [4.78, 5) is 46.5. The first-order valence-electron chi connectivity index (χ1n) is 8.84. The summed E-state index contributed by atoms with van der Waals surface area (Å²) in [6.45, 7) is 1.43. The van der Waals surface area contributed by atoms with Crippen LogP contribution in [0.2, 0.25) is 0 Å². The normalized spacial score (nSPS) is 10.2. The SMILES string of the molecule is CC(=O)Nc1ccc(C(C)=O)cc1OCC(=O)NCC(=O)Nc1ccc(F)c(F)c1F. The highest BCUT2D eigenvalue weighted by Crippen LogP contribution is 2.26. The molecule has 0 heterocycles. The fourth-order valence-electron chi connectivity index (χ4n) is 2.34. The van der Waals surface area contributed by atoms with Gasteiger partial charge in [-0.1, -0.05) is 0 Å². The largest absolute Gasteiger partial charge is 0.482 e. The maximum absolute atomic E-state index is 13.6. The second-order valence-electron chi connectivity index (χ2n) is 6.28. The van der Waals surface area contributed by atoms with Crippen molar-refractivity contribution in [2.24, 2.45) is 0 Å². The number of hydrogen-bond donors (Lipinski definition) is 3. The Hall–Kier alpha value is -3.89. The third-order valence-electron chi connectivity index (χ3n) is 3.81. The van der Waals surface area contributed by atoms with Crippen LogP contribution in [0.3, 0.4) is 0 Å². The monoisotopic (exact) mass is 437 g/mol. The molecular weight excluding hydrogens is 419 g/mol. The van der Waals surface area contributed by atoms with Crippen LogP contribution < -0.4 is 20.7 Å². The molecule has 0 aliphatic heterocycles.